The zero-order valence-corrected chi connectivity index (χ0v) is 12.0. The molecule has 1 aliphatic heterocycles. The van der Waals surface area contributed by atoms with Gasteiger partial charge in [0, 0.05) is 19.6 Å². The molecular formula is C14H25N3O2. The molecule has 5 nitrogen and oxygen atoms in total. The van der Waals surface area contributed by atoms with Crippen molar-refractivity contribution < 1.29 is 9.26 Å². The number of nitrogens with two attached hydrogens (primary N) is 1. The molecule has 1 fully saturated rings. The topological polar surface area (TPSA) is 74.2 Å². The van der Waals surface area contributed by atoms with E-state index in [2.05, 4.69) is 24.0 Å². The van der Waals surface area contributed by atoms with E-state index in [1.807, 2.05) is 0 Å². The maximum Gasteiger partial charge on any atom is 0.231 e. The Balaban J connectivity index is 1.93. The van der Waals surface area contributed by atoms with Crippen LogP contribution in [0.4, 0.5) is 0 Å². The van der Waals surface area contributed by atoms with Crippen LogP contribution in [-0.2, 0) is 11.2 Å². The molecule has 0 aliphatic carbocycles. The summed E-state index contributed by atoms with van der Waals surface area (Å²) in [6, 6.07) is 0. The molecule has 1 saturated heterocycles. The van der Waals surface area contributed by atoms with Gasteiger partial charge in [-0.3, -0.25) is 0 Å². The number of ether oxygens (including phenoxy) is 1. The van der Waals surface area contributed by atoms with Crippen LogP contribution in [0.15, 0.2) is 4.52 Å². The fourth-order valence-electron chi connectivity index (χ4n) is 2.56. The first-order valence-corrected chi connectivity index (χ1v) is 7.33. The molecule has 2 heterocycles. The minimum Gasteiger partial charge on any atom is -0.378 e. The van der Waals surface area contributed by atoms with Gasteiger partial charge in [0.15, 0.2) is 5.82 Å². The Hall–Kier alpha value is -0.940. The molecule has 19 heavy (non-hydrogen) atoms. The zero-order valence-electron chi connectivity index (χ0n) is 12.0. The van der Waals surface area contributed by atoms with E-state index in [9.17, 15) is 0 Å². The summed E-state index contributed by atoms with van der Waals surface area (Å²) in [6.45, 7) is 5.76. The third-order valence-corrected chi connectivity index (χ3v) is 3.56. The molecule has 5 heteroatoms. The fourth-order valence-corrected chi connectivity index (χ4v) is 2.56. The van der Waals surface area contributed by atoms with Gasteiger partial charge in [-0.25, -0.2) is 0 Å². The van der Waals surface area contributed by atoms with Gasteiger partial charge in [-0.05, 0) is 31.6 Å². The summed E-state index contributed by atoms with van der Waals surface area (Å²) in [7, 11) is 0. The van der Waals surface area contributed by atoms with Crippen LogP contribution in [0.2, 0.25) is 0 Å². The second-order valence-electron chi connectivity index (χ2n) is 5.80. The molecule has 0 saturated carbocycles. The highest BCUT2D eigenvalue weighted by molar-refractivity contribution is 4.96. The maximum atomic E-state index is 5.79. The van der Waals surface area contributed by atoms with Crippen molar-refractivity contribution in [1.29, 1.82) is 0 Å². The molecular weight excluding hydrogens is 242 g/mol. The average molecular weight is 267 g/mol. The van der Waals surface area contributed by atoms with E-state index in [4.69, 9.17) is 15.0 Å². The fraction of sp³-hybridized carbons (Fsp3) is 0.857. The highest BCUT2D eigenvalue weighted by Crippen LogP contribution is 2.22. The first-order valence-electron chi connectivity index (χ1n) is 7.33. The SMILES string of the molecule is CC(C)CC(CN)c1nc(CC2CCCCO2)no1. The minimum atomic E-state index is 0.175. The predicted molar refractivity (Wildman–Crippen MR) is 72.8 cm³/mol. The molecule has 0 bridgehead atoms. The van der Waals surface area contributed by atoms with Crippen molar-refractivity contribution in [2.75, 3.05) is 13.2 Å². The third-order valence-electron chi connectivity index (χ3n) is 3.56. The van der Waals surface area contributed by atoms with E-state index in [0.717, 1.165) is 38.1 Å². The molecule has 1 aliphatic rings. The van der Waals surface area contributed by atoms with Crippen LogP contribution in [-0.4, -0.2) is 29.4 Å². The van der Waals surface area contributed by atoms with Crippen molar-refractivity contribution in [1.82, 2.24) is 10.1 Å². The molecule has 0 amide bonds. The Bertz CT molecular complexity index is 373. The van der Waals surface area contributed by atoms with Crippen LogP contribution in [0.1, 0.15) is 57.2 Å². The van der Waals surface area contributed by atoms with Crippen molar-refractivity contribution in [2.45, 2.75) is 58.0 Å². The highest BCUT2D eigenvalue weighted by atomic mass is 16.5. The van der Waals surface area contributed by atoms with Gasteiger partial charge in [-0.15, -0.1) is 0 Å². The first-order chi connectivity index (χ1) is 9.19. The number of aromatic nitrogens is 2. The van der Waals surface area contributed by atoms with Crippen LogP contribution in [0.25, 0.3) is 0 Å². The standard InChI is InChI=1S/C14H25N3O2/c1-10(2)7-11(9-15)14-16-13(17-19-14)8-12-5-3-4-6-18-12/h10-12H,3-9,15H2,1-2H3. The van der Waals surface area contributed by atoms with E-state index >= 15 is 0 Å². The van der Waals surface area contributed by atoms with Gasteiger partial charge in [0.05, 0.1) is 12.0 Å². The molecule has 0 radical (unpaired) electrons. The van der Waals surface area contributed by atoms with Crippen LogP contribution in [0.5, 0.6) is 0 Å². The molecule has 1 aromatic rings. The van der Waals surface area contributed by atoms with Gasteiger partial charge in [0.25, 0.3) is 0 Å². The molecule has 2 N–H and O–H groups in total. The van der Waals surface area contributed by atoms with E-state index in [1.54, 1.807) is 0 Å². The Morgan fingerprint density at radius 1 is 1.37 bits per heavy atom. The molecule has 0 spiro atoms. The third kappa shape index (κ3) is 4.28. The van der Waals surface area contributed by atoms with Gasteiger partial charge in [-0.2, -0.15) is 4.98 Å². The predicted octanol–water partition coefficient (Wildman–Crippen LogP) is 2.27. The van der Waals surface area contributed by atoms with Crippen molar-refractivity contribution >= 4 is 0 Å². The Morgan fingerprint density at radius 2 is 2.21 bits per heavy atom. The molecule has 2 atom stereocenters. The summed E-state index contributed by atoms with van der Waals surface area (Å²) in [4.78, 5) is 4.49. The van der Waals surface area contributed by atoms with Crippen LogP contribution in [0, 0.1) is 5.92 Å². The summed E-state index contributed by atoms with van der Waals surface area (Å²) >= 11 is 0. The molecule has 0 aromatic carbocycles. The number of rotatable bonds is 6. The molecule has 108 valence electrons. The summed E-state index contributed by atoms with van der Waals surface area (Å²) in [5.41, 5.74) is 5.79. The number of hydrogen-bond acceptors (Lipinski definition) is 5. The van der Waals surface area contributed by atoms with Gasteiger partial charge in [0.2, 0.25) is 5.89 Å². The van der Waals surface area contributed by atoms with E-state index in [1.165, 1.54) is 6.42 Å². The second-order valence-corrected chi connectivity index (χ2v) is 5.80. The quantitative estimate of drug-likeness (QED) is 0.855. The maximum absolute atomic E-state index is 5.79. The lowest BCUT2D eigenvalue weighted by atomic mass is 9.97. The molecule has 1 aromatic heterocycles. The van der Waals surface area contributed by atoms with Crippen molar-refractivity contribution in [3.8, 4) is 0 Å². The van der Waals surface area contributed by atoms with Gasteiger partial charge in [-0.1, -0.05) is 19.0 Å². The van der Waals surface area contributed by atoms with Crippen LogP contribution < -0.4 is 5.73 Å². The van der Waals surface area contributed by atoms with Crippen molar-refractivity contribution in [3.63, 3.8) is 0 Å². The van der Waals surface area contributed by atoms with Gasteiger partial charge < -0.3 is 15.0 Å². The second kappa shape index (κ2) is 7.01. The average Bonchev–Trinajstić information content (AvgIpc) is 2.85. The summed E-state index contributed by atoms with van der Waals surface area (Å²) < 4.78 is 11.1. The Labute approximate surface area is 114 Å². The Morgan fingerprint density at radius 3 is 2.84 bits per heavy atom. The minimum absolute atomic E-state index is 0.175. The van der Waals surface area contributed by atoms with Crippen molar-refractivity contribution in [2.24, 2.45) is 11.7 Å². The van der Waals surface area contributed by atoms with Crippen LogP contribution in [0.3, 0.4) is 0 Å². The number of hydrogen-bond donors (Lipinski definition) is 1. The zero-order chi connectivity index (χ0) is 13.7. The smallest absolute Gasteiger partial charge is 0.231 e. The molecule has 2 rings (SSSR count). The lowest BCUT2D eigenvalue weighted by Crippen LogP contribution is -2.22. The summed E-state index contributed by atoms with van der Waals surface area (Å²) in [5, 5.41) is 4.06. The first kappa shape index (κ1) is 14.5. The van der Waals surface area contributed by atoms with Crippen LogP contribution >= 0.6 is 0 Å². The normalized spacial score (nSPS) is 21.8. The van der Waals surface area contributed by atoms with E-state index in [0.29, 0.717) is 18.4 Å². The van der Waals surface area contributed by atoms with E-state index < -0.39 is 0 Å². The highest BCUT2D eigenvalue weighted by Gasteiger charge is 2.21. The largest absolute Gasteiger partial charge is 0.378 e. The van der Waals surface area contributed by atoms with E-state index in [-0.39, 0.29) is 12.0 Å². The Kier molecular flexibility index (Phi) is 5.34. The lowest BCUT2D eigenvalue weighted by Gasteiger charge is -2.20. The monoisotopic (exact) mass is 267 g/mol. The summed E-state index contributed by atoms with van der Waals surface area (Å²) in [6.07, 6.45) is 5.48. The van der Waals surface area contributed by atoms with Crippen molar-refractivity contribution in [3.05, 3.63) is 11.7 Å². The lowest BCUT2D eigenvalue weighted by molar-refractivity contribution is 0.0153. The van der Waals surface area contributed by atoms with Gasteiger partial charge in [0.1, 0.15) is 0 Å². The summed E-state index contributed by atoms with van der Waals surface area (Å²) in [5.74, 6) is 2.19. The molecule has 2 unspecified atom stereocenters. The number of nitrogens with zero attached hydrogens (tertiary/aromatic N) is 2. The van der Waals surface area contributed by atoms with Gasteiger partial charge >= 0.3 is 0 Å².